The van der Waals surface area contributed by atoms with Crippen LogP contribution >= 0.6 is 0 Å². The standard InChI is InChI=1S/C17H17N5O3/c1-11-9-14(24-20-11)17(23)22-7-4-12(5-8-22)15-19-16(25-21-15)13-3-2-6-18-10-13/h2-3,6,9-10,12H,4-5,7-8H2,1H3. The van der Waals surface area contributed by atoms with Crippen LogP contribution in [0.5, 0.6) is 0 Å². The molecule has 0 aromatic carbocycles. The number of hydrogen-bond acceptors (Lipinski definition) is 7. The van der Waals surface area contributed by atoms with Gasteiger partial charge in [-0.25, -0.2) is 0 Å². The molecule has 0 bridgehead atoms. The zero-order chi connectivity index (χ0) is 17.2. The average Bonchev–Trinajstić information content (AvgIpc) is 3.31. The number of likely N-dealkylation sites (tertiary alicyclic amines) is 1. The number of hydrogen-bond donors (Lipinski definition) is 0. The molecule has 1 aliphatic heterocycles. The number of pyridine rings is 1. The maximum Gasteiger partial charge on any atom is 0.292 e. The molecule has 1 amide bonds. The van der Waals surface area contributed by atoms with Crippen LogP contribution in [-0.2, 0) is 0 Å². The molecule has 0 radical (unpaired) electrons. The van der Waals surface area contributed by atoms with E-state index in [0.29, 0.717) is 30.5 Å². The van der Waals surface area contributed by atoms with E-state index in [1.165, 1.54) is 0 Å². The largest absolute Gasteiger partial charge is 0.351 e. The lowest BCUT2D eigenvalue weighted by Gasteiger charge is -2.29. The molecule has 128 valence electrons. The van der Waals surface area contributed by atoms with E-state index in [1.54, 1.807) is 30.3 Å². The molecule has 8 heteroatoms. The first-order valence-electron chi connectivity index (χ1n) is 8.17. The smallest absolute Gasteiger partial charge is 0.292 e. The second-order valence-electron chi connectivity index (χ2n) is 6.10. The highest BCUT2D eigenvalue weighted by atomic mass is 16.5. The van der Waals surface area contributed by atoms with E-state index in [2.05, 4.69) is 20.3 Å². The van der Waals surface area contributed by atoms with Gasteiger partial charge in [-0.3, -0.25) is 9.78 Å². The molecule has 1 aliphatic rings. The van der Waals surface area contributed by atoms with Crippen LogP contribution in [0.1, 0.15) is 40.8 Å². The Kier molecular flexibility index (Phi) is 4.01. The summed E-state index contributed by atoms with van der Waals surface area (Å²) < 4.78 is 10.4. The fourth-order valence-electron chi connectivity index (χ4n) is 2.97. The summed E-state index contributed by atoms with van der Waals surface area (Å²) in [4.78, 5) is 22.7. The molecule has 0 aliphatic carbocycles. The Balaban J connectivity index is 1.41. The van der Waals surface area contributed by atoms with Crippen molar-refractivity contribution in [3.05, 3.63) is 47.9 Å². The molecule has 25 heavy (non-hydrogen) atoms. The predicted molar refractivity (Wildman–Crippen MR) is 86.6 cm³/mol. The Bertz CT molecular complexity index is 865. The third-order valence-corrected chi connectivity index (χ3v) is 4.34. The Morgan fingerprint density at radius 3 is 2.76 bits per heavy atom. The number of aromatic nitrogens is 4. The molecule has 0 N–H and O–H groups in total. The van der Waals surface area contributed by atoms with Crippen molar-refractivity contribution in [1.82, 2.24) is 25.2 Å². The summed E-state index contributed by atoms with van der Waals surface area (Å²) in [5.74, 6) is 1.49. The quantitative estimate of drug-likeness (QED) is 0.722. The minimum absolute atomic E-state index is 0.122. The topological polar surface area (TPSA) is 98.2 Å². The molecule has 1 fully saturated rings. The van der Waals surface area contributed by atoms with Crippen LogP contribution in [0.4, 0.5) is 0 Å². The van der Waals surface area contributed by atoms with Crippen LogP contribution in [0.15, 0.2) is 39.6 Å². The van der Waals surface area contributed by atoms with E-state index in [-0.39, 0.29) is 17.6 Å². The van der Waals surface area contributed by atoms with Crippen molar-refractivity contribution in [3.8, 4) is 11.5 Å². The number of rotatable bonds is 3. The van der Waals surface area contributed by atoms with E-state index >= 15 is 0 Å². The minimum Gasteiger partial charge on any atom is -0.351 e. The van der Waals surface area contributed by atoms with E-state index in [0.717, 1.165) is 18.4 Å². The molecule has 3 aromatic heterocycles. The lowest BCUT2D eigenvalue weighted by atomic mass is 9.96. The van der Waals surface area contributed by atoms with Crippen molar-refractivity contribution in [2.75, 3.05) is 13.1 Å². The van der Waals surface area contributed by atoms with Crippen LogP contribution in [-0.4, -0.2) is 44.2 Å². The third-order valence-electron chi connectivity index (χ3n) is 4.34. The van der Waals surface area contributed by atoms with E-state index in [9.17, 15) is 4.79 Å². The van der Waals surface area contributed by atoms with Gasteiger partial charge in [0.15, 0.2) is 5.82 Å². The maximum absolute atomic E-state index is 12.4. The highest BCUT2D eigenvalue weighted by molar-refractivity contribution is 5.91. The average molecular weight is 339 g/mol. The van der Waals surface area contributed by atoms with Gasteiger partial charge in [0.1, 0.15) is 0 Å². The summed E-state index contributed by atoms with van der Waals surface area (Å²) in [5, 5.41) is 7.87. The molecule has 3 aromatic rings. The number of aryl methyl sites for hydroxylation is 1. The van der Waals surface area contributed by atoms with Crippen molar-refractivity contribution in [3.63, 3.8) is 0 Å². The van der Waals surface area contributed by atoms with Gasteiger partial charge >= 0.3 is 0 Å². The summed E-state index contributed by atoms with van der Waals surface area (Å²) in [5.41, 5.74) is 1.50. The highest BCUT2D eigenvalue weighted by Crippen LogP contribution is 2.28. The summed E-state index contributed by atoms with van der Waals surface area (Å²) in [7, 11) is 0. The molecule has 1 saturated heterocycles. The fraction of sp³-hybridized carbons (Fsp3) is 0.353. The van der Waals surface area contributed by atoms with Crippen molar-refractivity contribution < 1.29 is 13.8 Å². The second-order valence-corrected chi connectivity index (χ2v) is 6.10. The van der Waals surface area contributed by atoms with Gasteiger partial charge in [-0.2, -0.15) is 4.98 Å². The molecule has 8 nitrogen and oxygen atoms in total. The zero-order valence-electron chi connectivity index (χ0n) is 13.8. The Morgan fingerprint density at radius 1 is 1.24 bits per heavy atom. The predicted octanol–water partition coefficient (Wildman–Crippen LogP) is 2.45. The van der Waals surface area contributed by atoms with Gasteiger partial charge in [0.2, 0.25) is 5.76 Å². The molecule has 4 heterocycles. The summed E-state index contributed by atoms with van der Waals surface area (Å²) in [6.45, 7) is 3.04. The molecular weight excluding hydrogens is 322 g/mol. The number of amides is 1. The lowest BCUT2D eigenvalue weighted by Crippen LogP contribution is -2.38. The van der Waals surface area contributed by atoms with Crippen molar-refractivity contribution >= 4 is 5.91 Å². The normalized spacial score (nSPS) is 15.5. The molecule has 0 saturated carbocycles. The van der Waals surface area contributed by atoms with Gasteiger partial charge in [0.05, 0.1) is 11.3 Å². The summed E-state index contributed by atoms with van der Waals surface area (Å²) in [6, 6.07) is 5.37. The summed E-state index contributed by atoms with van der Waals surface area (Å²) in [6.07, 6.45) is 4.96. The van der Waals surface area contributed by atoms with Crippen LogP contribution in [0.3, 0.4) is 0 Å². The van der Waals surface area contributed by atoms with E-state index in [1.807, 2.05) is 12.1 Å². The number of piperidine rings is 1. The van der Waals surface area contributed by atoms with Gasteiger partial charge in [-0.1, -0.05) is 10.3 Å². The summed E-state index contributed by atoms with van der Waals surface area (Å²) >= 11 is 0. The van der Waals surface area contributed by atoms with Gasteiger partial charge in [-0.05, 0) is 31.9 Å². The van der Waals surface area contributed by atoms with Crippen molar-refractivity contribution in [2.24, 2.45) is 0 Å². The van der Waals surface area contributed by atoms with Crippen LogP contribution in [0, 0.1) is 6.92 Å². The molecule has 4 rings (SSSR count). The minimum atomic E-state index is -0.122. The molecule has 0 atom stereocenters. The molecular formula is C17H17N5O3. The van der Waals surface area contributed by atoms with Gasteiger partial charge < -0.3 is 13.9 Å². The number of carbonyl (C=O) groups is 1. The Hall–Kier alpha value is -3.03. The van der Waals surface area contributed by atoms with E-state index in [4.69, 9.17) is 9.05 Å². The van der Waals surface area contributed by atoms with Crippen molar-refractivity contribution in [1.29, 1.82) is 0 Å². The zero-order valence-corrected chi connectivity index (χ0v) is 13.8. The highest BCUT2D eigenvalue weighted by Gasteiger charge is 2.29. The monoisotopic (exact) mass is 339 g/mol. The third kappa shape index (κ3) is 3.15. The van der Waals surface area contributed by atoms with E-state index < -0.39 is 0 Å². The Labute approximate surface area is 143 Å². The van der Waals surface area contributed by atoms with Crippen LogP contribution < -0.4 is 0 Å². The maximum atomic E-state index is 12.4. The van der Waals surface area contributed by atoms with Gasteiger partial charge in [0.25, 0.3) is 11.8 Å². The number of nitrogens with zero attached hydrogens (tertiary/aromatic N) is 5. The van der Waals surface area contributed by atoms with Gasteiger partial charge in [-0.15, -0.1) is 0 Å². The molecule has 0 spiro atoms. The number of carbonyl (C=O) groups excluding carboxylic acids is 1. The molecule has 0 unspecified atom stereocenters. The Morgan fingerprint density at radius 2 is 2.08 bits per heavy atom. The fourth-order valence-corrected chi connectivity index (χ4v) is 2.97. The first-order chi connectivity index (χ1) is 12.2. The van der Waals surface area contributed by atoms with Crippen molar-refractivity contribution in [2.45, 2.75) is 25.7 Å². The lowest BCUT2D eigenvalue weighted by molar-refractivity contribution is 0.0668. The van der Waals surface area contributed by atoms with Crippen LogP contribution in [0.2, 0.25) is 0 Å². The first kappa shape index (κ1) is 15.5. The first-order valence-corrected chi connectivity index (χ1v) is 8.17. The second kappa shape index (κ2) is 6.46. The van der Waals surface area contributed by atoms with Gasteiger partial charge in [0, 0.05) is 37.5 Å². The SMILES string of the molecule is Cc1cc(C(=O)N2CCC(c3noc(-c4cccnc4)n3)CC2)on1. The van der Waals surface area contributed by atoms with Crippen LogP contribution in [0.25, 0.3) is 11.5 Å².